The molecular weight excluding hydrogens is 416 g/mol. The van der Waals surface area contributed by atoms with Crippen LogP contribution in [0.25, 0.3) is 0 Å². The molecule has 6 nitrogen and oxygen atoms in total. The molecule has 0 fully saturated rings. The minimum Gasteiger partial charge on any atom is -0.490 e. The van der Waals surface area contributed by atoms with Gasteiger partial charge >= 0.3 is 0 Å². The Balaban J connectivity index is 1.54. The lowest BCUT2D eigenvalue weighted by Gasteiger charge is -2.12. The van der Waals surface area contributed by atoms with Crippen LogP contribution in [0, 0.1) is 6.92 Å². The van der Waals surface area contributed by atoms with E-state index in [2.05, 4.69) is 48.3 Å². The lowest BCUT2D eigenvalue weighted by molar-refractivity contribution is 0.0954. The molecule has 170 valence electrons. The number of hydrogen-bond acceptors (Lipinski definition) is 5. The highest BCUT2D eigenvalue weighted by atomic mass is 16.5. The molecule has 3 rings (SSSR count). The molecule has 3 aromatic carbocycles. The van der Waals surface area contributed by atoms with E-state index in [0.29, 0.717) is 36.9 Å². The Hall–Kier alpha value is -4.06. The highest BCUT2D eigenvalue weighted by Gasteiger charge is 2.11. The third-order valence-corrected chi connectivity index (χ3v) is 4.65. The molecule has 0 aliphatic carbocycles. The number of hydrazone groups is 1. The molecule has 1 amide bonds. The summed E-state index contributed by atoms with van der Waals surface area (Å²) in [5.74, 6) is 1.47. The largest absolute Gasteiger partial charge is 0.490 e. The van der Waals surface area contributed by atoms with Gasteiger partial charge in [0.2, 0.25) is 0 Å². The monoisotopic (exact) mass is 444 g/mol. The predicted octanol–water partition coefficient (Wildman–Crippen LogP) is 5.30. The summed E-state index contributed by atoms with van der Waals surface area (Å²) in [4.78, 5) is 12.5. The number of aryl methyl sites for hydroxylation is 1. The molecule has 0 atom stereocenters. The number of carbonyl (C=O) groups excluding carboxylic acids is 1. The molecule has 0 unspecified atom stereocenters. The number of hydrogen-bond donors (Lipinski definition) is 1. The molecule has 3 aromatic rings. The van der Waals surface area contributed by atoms with E-state index in [1.54, 1.807) is 30.5 Å². The summed E-state index contributed by atoms with van der Waals surface area (Å²) < 4.78 is 16.9. The number of carbonyl (C=O) groups is 1. The predicted molar refractivity (Wildman–Crippen MR) is 130 cm³/mol. The molecule has 0 bridgehead atoms. The Kier molecular flexibility index (Phi) is 8.65. The lowest BCUT2D eigenvalue weighted by Crippen LogP contribution is -2.17. The number of nitrogens with zero attached hydrogens (tertiary/aromatic N) is 1. The molecule has 6 heteroatoms. The minimum absolute atomic E-state index is 0.347. The van der Waals surface area contributed by atoms with Crippen molar-refractivity contribution in [3.63, 3.8) is 0 Å². The fourth-order valence-electron chi connectivity index (χ4n) is 2.92. The molecule has 0 saturated carbocycles. The average Bonchev–Trinajstić information content (AvgIpc) is 2.84. The zero-order valence-corrected chi connectivity index (χ0v) is 18.9. The van der Waals surface area contributed by atoms with Crippen LogP contribution in [0.5, 0.6) is 17.2 Å². The second-order valence-corrected chi connectivity index (χ2v) is 7.24. The Morgan fingerprint density at radius 1 is 0.970 bits per heavy atom. The highest BCUT2D eigenvalue weighted by Crippen LogP contribution is 2.28. The van der Waals surface area contributed by atoms with Crippen LogP contribution >= 0.6 is 0 Å². The quantitative estimate of drug-likeness (QED) is 0.247. The van der Waals surface area contributed by atoms with Gasteiger partial charge in [-0.25, -0.2) is 5.43 Å². The van der Waals surface area contributed by atoms with Gasteiger partial charge in [-0.1, -0.05) is 42.5 Å². The van der Waals surface area contributed by atoms with Gasteiger partial charge in [0.05, 0.1) is 12.8 Å². The van der Waals surface area contributed by atoms with Gasteiger partial charge < -0.3 is 14.2 Å². The first-order valence-corrected chi connectivity index (χ1v) is 10.7. The zero-order chi connectivity index (χ0) is 23.5. The topological polar surface area (TPSA) is 69.2 Å². The lowest BCUT2D eigenvalue weighted by atomic mass is 10.2. The molecule has 0 aliphatic heterocycles. The smallest absolute Gasteiger partial charge is 0.271 e. The molecule has 0 radical (unpaired) electrons. The maximum absolute atomic E-state index is 12.5. The van der Waals surface area contributed by atoms with E-state index in [1.807, 2.05) is 31.2 Å². The van der Waals surface area contributed by atoms with Crippen molar-refractivity contribution >= 4 is 12.1 Å². The van der Waals surface area contributed by atoms with Crippen molar-refractivity contribution in [1.29, 1.82) is 0 Å². The highest BCUT2D eigenvalue weighted by molar-refractivity contribution is 5.95. The number of benzene rings is 3. The fraction of sp³-hybridized carbons (Fsp3) is 0.185. The number of ether oxygens (including phenoxy) is 3. The zero-order valence-electron chi connectivity index (χ0n) is 18.9. The van der Waals surface area contributed by atoms with Gasteiger partial charge in [0.1, 0.15) is 19.0 Å². The SMILES string of the molecule is C=CCOc1ccc(C(=O)N/N=C/c2ccc(OCc3ccc(C)cc3)cc2)cc1OCC. The van der Waals surface area contributed by atoms with E-state index in [-0.39, 0.29) is 5.91 Å². The first kappa shape index (κ1) is 23.6. The summed E-state index contributed by atoms with van der Waals surface area (Å²) in [6.07, 6.45) is 3.22. The summed E-state index contributed by atoms with van der Waals surface area (Å²) in [6, 6.07) is 20.7. The van der Waals surface area contributed by atoms with Gasteiger partial charge in [-0.3, -0.25) is 4.79 Å². The summed E-state index contributed by atoms with van der Waals surface area (Å²) in [5.41, 5.74) is 6.12. The van der Waals surface area contributed by atoms with Crippen LogP contribution in [0.2, 0.25) is 0 Å². The van der Waals surface area contributed by atoms with Gasteiger partial charge in [0.25, 0.3) is 5.91 Å². The summed E-state index contributed by atoms with van der Waals surface area (Å²) in [5, 5.41) is 4.05. The Morgan fingerprint density at radius 2 is 1.73 bits per heavy atom. The summed E-state index contributed by atoms with van der Waals surface area (Å²) >= 11 is 0. The van der Waals surface area contributed by atoms with Gasteiger partial charge in [0, 0.05) is 5.56 Å². The van der Waals surface area contributed by atoms with E-state index >= 15 is 0 Å². The molecule has 1 N–H and O–H groups in total. The Morgan fingerprint density at radius 3 is 2.42 bits per heavy atom. The van der Waals surface area contributed by atoms with Crippen LogP contribution in [-0.4, -0.2) is 25.3 Å². The van der Waals surface area contributed by atoms with E-state index in [0.717, 1.165) is 16.9 Å². The molecule has 0 aliphatic rings. The van der Waals surface area contributed by atoms with E-state index in [1.165, 1.54) is 5.56 Å². The van der Waals surface area contributed by atoms with Crippen LogP contribution in [0.1, 0.15) is 34.0 Å². The van der Waals surface area contributed by atoms with Crippen LogP contribution in [0.15, 0.2) is 84.5 Å². The standard InChI is InChI=1S/C27H28N2O4/c1-4-16-32-25-15-12-23(17-26(25)31-5-2)27(30)29-28-18-21-10-13-24(14-11-21)33-19-22-8-6-20(3)7-9-22/h4,6-15,17-18H,1,5,16,19H2,2-3H3,(H,29,30)/b28-18+. The van der Waals surface area contributed by atoms with Crippen molar-refractivity contribution in [2.45, 2.75) is 20.5 Å². The minimum atomic E-state index is -0.347. The Labute approximate surface area is 194 Å². The molecule has 33 heavy (non-hydrogen) atoms. The van der Waals surface area contributed by atoms with Crippen molar-refractivity contribution in [2.24, 2.45) is 5.10 Å². The average molecular weight is 445 g/mol. The summed E-state index contributed by atoms with van der Waals surface area (Å²) in [7, 11) is 0. The van der Waals surface area contributed by atoms with E-state index in [9.17, 15) is 4.79 Å². The van der Waals surface area contributed by atoms with Gasteiger partial charge in [-0.05, 0) is 67.4 Å². The van der Waals surface area contributed by atoms with Crippen LogP contribution < -0.4 is 19.6 Å². The second-order valence-electron chi connectivity index (χ2n) is 7.24. The van der Waals surface area contributed by atoms with Crippen LogP contribution in [0.3, 0.4) is 0 Å². The van der Waals surface area contributed by atoms with Crippen molar-refractivity contribution in [3.8, 4) is 17.2 Å². The van der Waals surface area contributed by atoms with Gasteiger partial charge in [0.15, 0.2) is 11.5 Å². The van der Waals surface area contributed by atoms with E-state index in [4.69, 9.17) is 14.2 Å². The van der Waals surface area contributed by atoms with Gasteiger partial charge in [-0.15, -0.1) is 0 Å². The van der Waals surface area contributed by atoms with Crippen molar-refractivity contribution in [1.82, 2.24) is 5.43 Å². The van der Waals surface area contributed by atoms with Crippen LogP contribution in [0.4, 0.5) is 0 Å². The van der Waals surface area contributed by atoms with Crippen molar-refractivity contribution < 1.29 is 19.0 Å². The van der Waals surface area contributed by atoms with Crippen molar-refractivity contribution in [3.05, 3.63) is 102 Å². The Bertz CT molecular complexity index is 1090. The van der Waals surface area contributed by atoms with Crippen molar-refractivity contribution in [2.75, 3.05) is 13.2 Å². The molecule has 0 saturated heterocycles. The number of amides is 1. The van der Waals surface area contributed by atoms with Crippen LogP contribution in [-0.2, 0) is 6.61 Å². The molecule has 0 aromatic heterocycles. The first-order valence-electron chi connectivity index (χ1n) is 10.7. The number of nitrogens with one attached hydrogen (secondary N) is 1. The maximum Gasteiger partial charge on any atom is 0.271 e. The normalized spacial score (nSPS) is 10.6. The molecule has 0 spiro atoms. The first-order chi connectivity index (χ1) is 16.1. The third kappa shape index (κ3) is 7.25. The molecule has 0 heterocycles. The summed E-state index contributed by atoms with van der Waals surface area (Å²) in [6.45, 7) is 8.87. The molecular formula is C27H28N2O4. The number of rotatable bonds is 11. The second kappa shape index (κ2) is 12.1. The maximum atomic E-state index is 12.5. The fourth-order valence-corrected chi connectivity index (χ4v) is 2.92. The van der Waals surface area contributed by atoms with E-state index < -0.39 is 0 Å². The third-order valence-electron chi connectivity index (χ3n) is 4.65. The van der Waals surface area contributed by atoms with Gasteiger partial charge in [-0.2, -0.15) is 5.10 Å².